The van der Waals surface area contributed by atoms with Gasteiger partial charge in [-0.15, -0.1) is 0 Å². The van der Waals surface area contributed by atoms with Crippen molar-refractivity contribution in [2.24, 2.45) is 16.7 Å². The van der Waals surface area contributed by atoms with E-state index in [-0.39, 0.29) is 28.3 Å². The molecule has 0 aromatic rings. The Morgan fingerprint density at radius 3 is 1.95 bits per heavy atom. The van der Waals surface area contributed by atoms with Gasteiger partial charge < -0.3 is 0 Å². The predicted octanol–water partition coefficient (Wildman–Crippen LogP) is 4.11. The zero-order chi connectivity index (χ0) is 15.0. The maximum Gasteiger partial charge on any atom is 0.186 e. The SMILES string of the molecule is CC(C)C1=CC(=O)C=C(C(C)(C)CC(C)(C)C)C1=O. The van der Waals surface area contributed by atoms with Gasteiger partial charge in [0.2, 0.25) is 0 Å². The van der Waals surface area contributed by atoms with E-state index in [1.54, 1.807) is 0 Å². The van der Waals surface area contributed by atoms with Gasteiger partial charge >= 0.3 is 0 Å². The first kappa shape index (κ1) is 15.9. The standard InChI is InChI=1S/C17H26O2/c1-11(2)13-8-12(18)9-14(15(13)19)17(6,7)10-16(3,4)5/h8-9,11H,10H2,1-7H3. The first-order chi connectivity index (χ1) is 8.44. The zero-order valence-electron chi connectivity index (χ0n) is 13.3. The maximum atomic E-state index is 12.6. The number of ketones is 2. The second-order valence-corrected chi connectivity index (χ2v) is 7.67. The zero-order valence-corrected chi connectivity index (χ0v) is 13.3. The molecule has 0 N–H and O–H groups in total. The molecule has 2 heteroatoms. The van der Waals surface area contributed by atoms with Gasteiger partial charge in [-0.1, -0.05) is 48.5 Å². The molecule has 19 heavy (non-hydrogen) atoms. The van der Waals surface area contributed by atoms with E-state index in [1.165, 1.54) is 12.2 Å². The van der Waals surface area contributed by atoms with Gasteiger partial charge in [0.05, 0.1) is 0 Å². The van der Waals surface area contributed by atoms with Gasteiger partial charge in [0, 0.05) is 11.1 Å². The summed E-state index contributed by atoms with van der Waals surface area (Å²) in [6.07, 6.45) is 3.89. The molecule has 0 aromatic carbocycles. The molecule has 0 amide bonds. The third-order valence-electron chi connectivity index (χ3n) is 3.41. The summed E-state index contributed by atoms with van der Waals surface area (Å²) in [6.45, 7) is 14.5. The van der Waals surface area contributed by atoms with E-state index in [0.29, 0.717) is 11.1 Å². The fourth-order valence-corrected chi connectivity index (χ4v) is 2.98. The highest BCUT2D eigenvalue weighted by Gasteiger charge is 2.36. The minimum atomic E-state index is -0.278. The van der Waals surface area contributed by atoms with Crippen molar-refractivity contribution in [2.75, 3.05) is 0 Å². The highest BCUT2D eigenvalue weighted by atomic mass is 16.1. The van der Waals surface area contributed by atoms with E-state index in [2.05, 4.69) is 34.6 Å². The normalized spacial score (nSPS) is 17.7. The van der Waals surface area contributed by atoms with Crippen LogP contribution in [0.1, 0.15) is 54.9 Å². The molecule has 0 saturated heterocycles. The molecule has 1 aliphatic carbocycles. The third kappa shape index (κ3) is 3.89. The summed E-state index contributed by atoms with van der Waals surface area (Å²) in [5.74, 6) is 0.0784. The highest BCUT2D eigenvalue weighted by molar-refractivity contribution is 6.20. The van der Waals surface area contributed by atoms with Crippen LogP contribution in [0.4, 0.5) is 0 Å². The van der Waals surface area contributed by atoms with Crippen molar-refractivity contribution in [1.29, 1.82) is 0 Å². The number of Topliss-reactive ketones (excluding diaryl/α,β-unsaturated/α-hetero) is 1. The van der Waals surface area contributed by atoms with Crippen molar-refractivity contribution in [3.8, 4) is 0 Å². The molecule has 1 aliphatic rings. The molecule has 0 fully saturated rings. The average molecular weight is 262 g/mol. The molecule has 0 spiro atoms. The Kier molecular flexibility index (Phi) is 4.23. The van der Waals surface area contributed by atoms with E-state index in [0.717, 1.165) is 6.42 Å². The first-order valence-corrected chi connectivity index (χ1v) is 6.96. The molecular weight excluding hydrogens is 236 g/mol. The number of carbonyl (C=O) groups excluding carboxylic acids is 2. The predicted molar refractivity (Wildman–Crippen MR) is 78.9 cm³/mol. The smallest absolute Gasteiger partial charge is 0.186 e. The van der Waals surface area contributed by atoms with Crippen LogP contribution in [0.3, 0.4) is 0 Å². The van der Waals surface area contributed by atoms with Crippen molar-refractivity contribution < 1.29 is 9.59 Å². The second-order valence-electron chi connectivity index (χ2n) is 7.67. The summed E-state index contributed by atoms with van der Waals surface area (Å²) in [4.78, 5) is 24.4. The Morgan fingerprint density at radius 1 is 1.00 bits per heavy atom. The number of hydrogen-bond acceptors (Lipinski definition) is 2. The maximum absolute atomic E-state index is 12.6. The molecule has 0 aromatic heterocycles. The number of allylic oxidation sites excluding steroid dienone is 4. The summed E-state index contributed by atoms with van der Waals surface area (Å²) in [6, 6.07) is 0. The van der Waals surface area contributed by atoms with Gasteiger partial charge in [-0.2, -0.15) is 0 Å². The molecule has 1 rings (SSSR count). The summed E-state index contributed by atoms with van der Waals surface area (Å²) >= 11 is 0. The van der Waals surface area contributed by atoms with Crippen molar-refractivity contribution in [1.82, 2.24) is 0 Å². The fraction of sp³-hybridized carbons (Fsp3) is 0.647. The number of hydrogen-bond donors (Lipinski definition) is 0. The van der Waals surface area contributed by atoms with E-state index in [4.69, 9.17) is 0 Å². The molecule has 0 radical (unpaired) electrons. The largest absolute Gasteiger partial charge is 0.290 e. The van der Waals surface area contributed by atoms with Crippen LogP contribution in [0.2, 0.25) is 0 Å². The van der Waals surface area contributed by atoms with Crippen LogP contribution < -0.4 is 0 Å². The van der Waals surface area contributed by atoms with Crippen LogP contribution in [0.25, 0.3) is 0 Å². The summed E-state index contributed by atoms with van der Waals surface area (Å²) in [5, 5.41) is 0. The number of rotatable bonds is 3. The van der Waals surface area contributed by atoms with Gasteiger partial charge in [-0.05, 0) is 35.3 Å². The highest BCUT2D eigenvalue weighted by Crippen LogP contribution is 2.41. The van der Waals surface area contributed by atoms with Gasteiger partial charge in [0.15, 0.2) is 11.6 Å². The Bertz CT molecular complexity index is 454. The average Bonchev–Trinajstić information content (AvgIpc) is 2.16. The van der Waals surface area contributed by atoms with Crippen LogP contribution in [0, 0.1) is 16.7 Å². The van der Waals surface area contributed by atoms with Crippen LogP contribution >= 0.6 is 0 Å². The Hall–Kier alpha value is -1.18. The summed E-state index contributed by atoms with van der Waals surface area (Å²) in [5.41, 5.74) is 1.15. The van der Waals surface area contributed by atoms with E-state index in [1.807, 2.05) is 13.8 Å². The lowest BCUT2D eigenvalue weighted by molar-refractivity contribution is -0.116. The van der Waals surface area contributed by atoms with Crippen LogP contribution in [-0.4, -0.2) is 11.6 Å². The summed E-state index contributed by atoms with van der Waals surface area (Å²) in [7, 11) is 0. The Labute approximate surface area is 117 Å². The minimum Gasteiger partial charge on any atom is -0.290 e. The quantitative estimate of drug-likeness (QED) is 0.717. The molecule has 0 heterocycles. The molecule has 0 atom stereocenters. The van der Waals surface area contributed by atoms with Gasteiger partial charge in [0.25, 0.3) is 0 Å². The third-order valence-corrected chi connectivity index (χ3v) is 3.41. The molecule has 106 valence electrons. The van der Waals surface area contributed by atoms with Crippen LogP contribution in [0.15, 0.2) is 23.3 Å². The van der Waals surface area contributed by atoms with E-state index in [9.17, 15) is 9.59 Å². The van der Waals surface area contributed by atoms with Crippen molar-refractivity contribution in [3.05, 3.63) is 23.3 Å². The van der Waals surface area contributed by atoms with Crippen molar-refractivity contribution in [3.63, 3.8) is 0 Å². The lowest BCUT2D eigenvalue weighted by Gasteiger charge is -2.35. The second kappa shape index (κ2) is 5.07. The first-order valence-electron chi connectivity index (χ1n) is 6.96. The fourth-order valence-electron chi connectivity index (χ4n) is 2.98. The minimum absolute atomic E-state index is 0.0452. The van der Waals surface area contributed by atoms with E-state index < -0.39 is 0 Å². The van der Waals surface area contributed by atoms with E-state index >= 15 is 0 Å². The van der Waals surface area contributed by atoms with Gasteiger partial charge in [0.1, 0.15) is 0 Å². The molecule has 2 nitrogen and oxygen atoms in total. The van der Waals surface area contributed by atoms with Crippen molar-refractivity contribution in [2.45, 2.75) is 54.9 Å². The molecule has 0 unspecified atom stereocenters. The Balaban J connectivity index is 3.14. The van der Waals surface area contributed by atoms with Crippen molar-refractivity contribution >= 4 is 11.6 Å². The lowest BCUT2D eigenvalue weighted by Crippen LogP contribution is -2.31. The molecule has 0 saturated carbocycles. The molecule has 0 aliphatic heterocycles. The summed E-state index contributed by atoms with van der Waals surface area (Å²) < 4.78 is 0. The van der Waals surface area contributed by atoms with Gasteiger partial charge in [-0.3, -0.25) is 9.59 Å². The lowest BCUT2D eigenvalue weighted by atomic mass is 9.68. The number of carbonyl (C=O) groups is 2. The van der Waals surface area contributed by atoms with Crippen LogP contribution in [0.5, 0.6) is 0 Å². The van der Waals surface area contributed by atoms with Gasteiger partial charge in [-0.25, -0.2) is 0 Å². The Morgan fingerprint density at radius 2 is 1.53 bits per heavy atom. The van der Waals surface area contributed by atoms with Crippen LogP contribution in [-0.2, 0) is 9.59 Å². The topological polar surface area (TPSA) is 34.1 Å². The molecule has 0 bridgehead atoms. The molecular formula is C17H26O2. The monoisotopic (exact) mass is 262 g/mol.